The molecule has 14 heteroatoms. The minimum atomic E-state index is -1.00. The number of fused-ring (bicyclic) bond motifs is 1. The predicted molar refractivity (Wildman–Crippen MR) is 171 cm³/mol. The molecule has 1 amide bonds. The largest absolute Gasteiger partial charge is 0.519 e. The molecule has 0 spiro atoms. The van der Waals surface area contributed by atoms with E-state index in [0.717, 1.165) is 0 Å². The molecule has 0 saturated carbocycles. The number of ether oxygens (including phenoxy) is 3. The van der Waals surface area contributed by atoms with E-state index >= 15 is 0 Å². The highest BCUT2D eigenvalue weighted by Gasteiger charge is 2.25. The van der Waals surface area contributed by atoms with Crippen LogP contribution in [0.1, 0.15) is 51.8 Å². The molecule has 3 aromatic heterocycles. The van der Waals surface area contributed by atoms with Crippen molar-refractivity contribution in [3.05, 3.63) is 103 Å². The third kappa shape index (κ3) is 7.21. The van der Waals surface area contributed by atoms with Gasteiger partial charge in [0.2, 0.25) is 5.91 Å². The van der Waals surface area contributed by atoms with Crippen LogP contribution in [-0.4, -0.2) is 48.0 Å². The Labute approximate surface area is 272 Å². The van der Waals surface area contributed by atoms with E-state index in [-0.39, 0.29) is 48.4 Å². The summed E-state index contributed by atoms with van der Waals surface area (Å²) >= 11 is 6.22. The van der Waals surface area contributed by atoms with Crippen molar-refractivity contribution >= 4 is 45.9 Å². The van der Waals surface area contributed by atoms with Crippen LogP contribution in [0.3, 0.4) is 0 Å². The molecule has 0 fully saturated rings. The lowest BCUT2D eigenvalue weighted by Gasteiger charge is -2.21. The average Bonchev–Trinajstić information content (AvgIpc) is 3.61. The van der Waals surface area contributed by atoms with Gasteiger partial charge < -0.3 is 33.3 Å². The fourth-order valence-corrected chi connectivity index (χ4v) is 5.25. The maximum Gasteiger partial charge on any atom is 0.519 e. The molecular formula is C33H30ClN3O10. The predicted octanol–water partition coefficient (Wildman–Crippen LogP) is 5.29. The number of carbonyl (C=O) groups is 3. The summed E-state index contributed by atoms with van der Waals surface area (Å²) in [5.74, 6) is -1.74. The number of aromatic amines is 1. The molecule has 0 saturated heterocycles. The number of anilines is 1. The van der Waals surface area contributed by atoms with Crippen molar-refractivity contribution in [1.29, 1.82) is 0 Å². The number of methoxy groups -OCH3 is 2. The Kier molecular flexibility index (Phi) is 9.78. The summed E-state index contributed by atoms with van der Waals surface area (Å²) in [4.78, 5) is 66.3. The molecule has 244 valence electrons. The van der Waals surface area contributed by atoms with Crippen LogP contribution in [0.4, 0.5) is 5.69 Å². The number of ketones is 1. The number of rotatable bonds is 12. The van der Waals surface area contributed by atoms with E-state index in [1.165, 1.54) is 44.9 Å². The Morgan fingerprint density at radius 3 is 2.49 bits per heavy atom. The number of amides is 1. The van der Waals surface area contributed by atoms with Gasteiger partial charge in [0.25, 0.3) is 5.56 Å². The van der Waals surface area contributed by atoms with Crippen molar-refractivity contribution in [2.45, 2.75) is 32.9 Å². The molecular weight excluding hydrogens is 634 g/mol. The van der Waals surface area contributed by atoms with Gasteiger partial charge in [0.15, 0.2) is 23.9 Å². The zero-order valence-electron chi connectivity index (χ0n) is 25.8. The number of aromatic nitrogens is 2. The molecule has 0 bridgehead atoms. The maximum atomic E-state index is 13.7. The van der Waals surface area contributed by atoms with Crippen molar-refractivity contribution in [2.75, 3.05) is 26.1 Å². The van der Waals surface area contributed by atoms with Gasteiger partial charge in [0.1, 0.15) is 17.5 Å². The van der Waals surface area contributed by atoms with Crippen molar-refractivity contribution < 1.29 is 37.4 Å². The van der Waals surface area contributed by atoms with Crippen LogP contribution < -0.4 is 21.4 Å². The number of benzene rings is 2. The van der Waals surface area contributed by atoms with Gasteiger partial charge >= 0.3 is 11.8 Å². The van der Waals surface area contributed by atoms with Gasteiger partial charge in [0, 0.05) is 58.9 Å². The summed E-state index contributed by atoms with van der Waals surface area (Å²) in [7, 11) is 2.90. The number of halogens is 1. The smallest absolute Gasteiger partial charge is 0.495 e. The minimum absolute atomic E-state index is 0.101. The lowest BCUT2D eigenvalue weighted by Crippen LogP contribution is -2.34. The zero-order valence-corrected chi connectivity index (χ0v) is 26.6. The van der Waals surface area contributed by atoms with Gasteiger partial charge in [-0.15, -0.1) is 0 Å². The third-order valence-corrected chi connectivity index (χ3v) is 7.66. The molecule has 13 nitrogen and oxygen atoms in total. The Bertz CT molecular complexity index is 2110. The Balaban J connectivity index is 1.40. The van der Waals surface area contributed by atoms with Crippen molar-refractivity contribution in [1.82, 2.24) is 9.55 Å². The highest BCUT2D eigenvalue weighted by Crippen LogP contribution is 2.34. The summed E-state index contributed by atoms with van der Waals surface area (Å²) < 4.78 is 26.9. The molecule has 3 heterocycles. The first-order valence-corrected chi connectivity index (χ1v) is 14.7. The molecule has 1 atom stereocenters. The van der Waals surface area contributed by atoms with Gasteiger partial charge in [-0.2, -0.15) is 0 Å². The highest BCUT2D eigenvalue weighted by atomic mass is 35.5. The molecule has 2 aromatic carbocycles. The van der Waals surface area contributed by atoms with E-state index in [2.05, 4.69) is 10.3 Å². The van der Waals surface area contributed by atoms with Gasteiger partial charge in [-0.1, -0.05) is 11.6 Å². The second-order valence-electron chi connectivity index (χ2n) is 10.5. The summed E-state index contributed by atoms with van der Waals surface area (Å²) in [5, 5.41) is 3.81. The molecule has 5 aromatic rings. The first-order valence-electron chi connectivity index (χ1n) is 14.3. The second kappa shape index (κ2) is 13.9. The fourth-order valence-electron chi connectivity index (χ4n) is 5.08. The number of nitrogens with zero attached hydrogens (tertiary/aromatic N) is 1. The number of nitrogens with one attached hydrogen (secondary N) is 2. The summed E-state index contributed by atoms with van der Waals surface area (Å²) in [6.45, 7) is 2.80. The first-order chi connectivity index (χ1) is 22.5. The summed E-state index contributed by atoms with van der Waals surface area (Å²) in [6, 6.07) is 11.6. The van der Waals surface area contributed by atoms with E-state index in [0.29, 0.717) is 38.3 Å². The SMILES string of the molecule is COCC[C@@H](C(=O)Nc1ccc2[nH]c(C(=O)OCc3oc(=O)oc3C)cc2c1)n1cc(OC)c(-c2cc(Cl)ccc2C(C)=O)cc1=O. The van der Waals surface area contributed by atoms with Crippen molar-refractivity contribution in [2.24, 2.45) is 0 Å². The van der Waals surface area contributed by atoms with Gasteiger partial charge in [0.05, 0.1) is 13.3 Å². The minimum Gasteiger partial charge on any atom is -0.495 e. The van der Waals surface area contributed by atoms with E-state index in [4.69, 9.17) is 34.6 Å². The highest BCUT2D eigenvalue weighted by molar-refractivity contribution is 6.31. The number of aryl methyl sites for hydroxylation is 1. The first kappa shape index (κ1) is 33.0. The van der Waals surface area contributed by atoms with Crippen LogP contribution in [0.15, 0.2) is 73.2 Å². The number of Topliss-reactive ketones (excluding diaryl/α,β-unsaturated/α-hetero) is 1. The number of pyridine rings is 1. The van der Waals surface area contributed by atoms with Crippen LogP contribution >= 0.6 is 11.6 Å². The van der Waals surface area contributed by atoms with E-state index in [9.17, 15) is 24.0 Å². The zero-order chi connectivity index (χ0) is 33.8. The number of hydrogen-bond donors (Lipinski definition) is 2. The standard InChI is InChI=1S/C33H30ClN3O10/c1-17(38)22-7-5-20(34)13-23(22)24-14-30(39)37(15-28(24)44-4)27(9-10-43-3)31(40)35-21-6-8-25-19(11-21)12-26(36-25)32(41)45-16-29-18(2)46-33(42)47-29/h5-8,11-15,27,36H,9-10,16H2,1-4H3,(H,35,40)/t27-/m0/s1. The molecule has 0 aliphatic heterocycles. The maximum absolute atomic E-state index is 13.7. The monoisotopic (exact) mass is 663 g/mol. The molecule has 0 unspecified atom stereocenters. The van der Waals surface area contributed by atoms with Crippen LogP contribution in [-0.2, 0) is 20.9 Å². The number of hydrogen-bond acceptors (Lipinski definition) is 10. The Hall–Kier alpha value is -5.40. The molecule has 0 radical (unpaired) electrons. The third-order valence-electron chi connectivity index (χ3n) is 7.43. The van der Waals surface area contributed by atoms with E-state index in [1.807, 2.05) is 0 Å². The fraction of sp³-hybridized carbons (Fsp3) is 0.242. The molecule has 2 N–H and O–H groups in total. The van der Waals surface area contributed by atoms with E-state index < -0.39 is 29.3 Å². The number of carbonyl (C=O) groups excluding carboxylic acids is 3. The van der Waals surface area contributed by atoms with Gasteiger partial charge in [-0.05, 0) is 61.9 Å². The van der Waals surface area contributed by atoms with Crippen LogP contribution in [0.2, 0.25) is 5.02 Å². The molecule has 0 aliphatic carbocycles. The lowest BCUT2D eigenvalue weighted by molar-refractivity contribution is -0.119. The normalized spacial score (nSPS) is 11.8. The summed E-state index contributed by atoms with van der Waals surface area (Å²) in [6.07, 6.45) is 1.57. The molecule has 47 heavy (non-hydrogen) atoms. The lowest BCUT2D eigenvalue weighted by atomic mass is 9.97. The molecule has 0 aliphatic rings. The second-order valence-corrected chi connectivity index (χ2v) is 11.0. The van der Waals surface area contributed by atoms with Gasteiger partial charge in [-0.3, -0.25) is 19.0 Å². The van der Waals surface area contributed by atoms with Gasteiger partial charge in [-0.25, -0.2) is 9.59 Å². The van der Waals surface area contributed by atoms with Crippen molar-refractivity contribution in [3.8, 4) is 16.9 Å². The van der Waals surface area contributed by atoms with Crippen LogP contribution in [0.25, 0.3) is 22.0 Å². The topological polar surface area (TPSA) is 172 Å². The molecule has 5 rings (SSSR count). The number of H-pyrrole nitrogens is 1. The quantitative estimate of drug-likeness (QED) is 0.132. The Morgan fingerprint density at radius 1 is 1.02 bits per heavy atom. The number of esters is 1. The Morgan fingerprint density at radius 2 is 1.81 bits per heavy atom. The van der Waals surface area contributed by atoms with Crippen LogP contribution in [0, 0.1) is 6.92 Å². The average molecular weight is 664 g/mol. The summed E-state index contributed by atoms with van der Waals surface area (Å²) in [5.41, 5.74) is 1.76. The van der Waals surface area contributed by atoms with Crippen LogP contribution in [0.5, 0.6) is 5.75 Å². The van der Waals surface area contributed by atoms with Crippen molar-refractivity contribution in [3.63, 3.8) is 0 Å². The van der Waals surface area contributed by atoms with E-state index in [1.54, 1.807) is 42.5 Å².